The van der Waals surface area contributed by atoms with Crippen LogP contribution in [0.2, 0.25) is 0 Å². The minimum atomic E-state index is 0.612. The van der Waals surface area contributed by atoms with Gasteiger partial charge in [0.25, 0.3) is 0 Å². The number of aromatic nitrogens is 2. The van der Waals surface area contributed by atoms with E-state index in [1.54, 1.807) is 0 Å². The van der Waals surface area contributed by atoms with Crippen molar-refractivity contribution in [3.63, 3.8) is 0 Å². The van der Waals surface area contributed by atoms with E-state index in [-0.39, 0.29) is 0 Å². The molecule has 0 unspecified atom stereocenters. The Morgan fingerprint density at radius 1 is 1.16 bits per heavy atom. The van der Waals surface area contributed by atoms with Crippen molar-refractivity contribution in [3.05, 3.63) is 30.0 Å². The topological polar surface area (TPSA) is 76.3 Å². The van der Waals surface area contributed by atoms with Gasteiger partial charge in [-0.15, -0.1) is 5.10 Å². The predicted molar refractivity (Wildman–Crippen MR) is 73.4 cm³/mol. The maximum absolute atomic E-state index is 5.47. The number of benzene rings is 1. The summed E-state index contributed by atoms with van der Waals surface area (Å²) in [6, 6.07) is 8.04. The number of morpholine rings is 1. The smallest absolute Gasteiger partial charge is 0.170 e. The van der Waals surface area contributed by atoms with Crippen molar-refractivity contribution in [1.82, 2.24) is 15.1 Å². The lowest BCUT2D eigenvalue weighted by Crippen LogP contribution is -2.36. The van der Waals surface area contributed by atoms with Crippen LogP contribution in [0.4, 0.5) is 5.82 Å². The largest absolute Gasteiger partial charge is 0.379 e. The molecule has 1 aromatic carbocycles. The third-order valence-corrected chi connectivity index (χ3v) is 3.38. The minimum Gasteiger partial charge on any atom is -0.379 e. The summed E-state index contributed by atoms with van der Waals surface area (Å²) >= 11 is 0. The molecule has 0 spiro atoms. The molecule has 0 atom stereocenters. The van der Waals surface area contributed by atoms with Crippen LogP contribution >= 0.6 is 0 Å². The second kappa shape index (κ2) is 5.48. The lowest BCUT2D eigenvalue weighted by Gasteiger charge is -2.26. The van der Waals surface area contributed by atoms with Gasteiger partial charge >= 0.3 is 0 Å². The molecule has 6 heteroatoms. The predicted octanol–water partition coefficient (Wildman–Crippen LogP) is 0.748. The Balaban J connectivity index is 1.94. The van der Waals surface area contributed by atoms with Crippen LogP contribution in [0.3, 0.4) is 0 Å². The molecule has 19 heavy (non-hydrogen) atoms. The Bertz CT molecular complexity index is 568. The number of nitrogen functional groups attached to an aromatic ring is 1. The summed E-state index contributed by atoms with van der Waals surface area (Å²) < 4.78 is 5.36. The number of hydrogen-bond donors (Lipinski definition) is 2. The van der Waals surface area contributed by atoms with Crippen LogP contribution in [0.1, 0.15) is 5.69 Å². The molecule has 0 aliphatic carbocycles. The van der Waals surface area contributed by atoms with Gasteiger partial charge in [-0.1, -0.05) is 24.3 Å². The molecule has 2 aromatic rings. The van der Waals surface area contributed by atoms with Gasteiger partial charge in [-0.3, -0.25) is 4.90 Å². The zero-order chi connectivity index (χ0) is 13.1. The highest BCUT2D eigenvalue weighted by molar-refractivity contribution is 5.92. The molecule has 0 bridgehead atoms. The van der Waals surface area contributed by atoms with Crippen molar-refractivity contribution in [2.45, 2.75) is 6.54 Å². The zero-order valence-corrected chi connectivity index (χ0v) is 10.7. The Hall–Kier alpha value is -1.76. The maximum Gasteiger partial charge on any atom is 0.170 e. The quantitative estimate of drug-likeness (QED) is 0.625. The molecular weight excluding hydrogens is 242 g/mol. The van der Waals surface area contributed by atoms with Crippen LogP contribution in [0.5, 0.6) is 0 Å². The van der Waals surface area contributed by atoms with Crippen molar-refractivity contribution < 1.29 is 4.74 Å². The molecule has 1 aliphatic rings. The number of hydrazine groups is 1. The van der Waals surface area contributed by atoms with Gasteiger partial charge in [-0.05, 0) is 0 Å². The molecule has 1 fully saturated rings. The van der Waals surface area contributed by atoms with Crippen LogP contribution < -0.4 is 11.3 Å². The fraction of sp³-hybridized carbons (Fsp3) is 0.385. The average molecular weight is 259 g/mol. The normalized spacial score (nSPS) is 16.7. The van der Waals surface area contributed by atoms with E-state index in [9.17, 15) is 0 Å². The van der Waals surface area contributed by atoms with Crippen LogP contribution in [0.15, 0.2) is 24.3 Å². The van der Waals surface area contributed by atoms with E-state index in [0.29, 0.717) is 5.82 Å². The van der Waals surface area contributed by atoms with Crippen molar-refractivity contribution in [1.29, 1.82) is 0 Å². The van der Waals surface area contributed by atoms with Crippen LogP contribution in [-0.4, -0.2) is 41.4 Å². The Labute approximate surface area is 111 Å². The first-order valence-corrected chi connectivity index (χ1v) is 6.39. The third-order valence-electron chi connectivity index (χ3n) is 3.38. The summed E-state index contributed by atoms with van der Waals surface area (Å²) in [5, 5.41) is 10.5. The van der Waals surface area contributed by atoms with E-state index in [0.717, 1.165) is 49.3 Å². The van der Waals surface area contributed by atoms with E-state index in [1.165, 1.54) is 0 Å². The van der Waals surface area contributed by atoms with Crippen molar-refractivity contribution in [2.75, 3.05) is 31.7 Å². The molecule has 0 amide bonds. The van der Waals surface area contributed by atoms with E-state index in [1.807, 2.05) is 18.2 Å². The highest BCUT2D eigenvalue weighted by Crippen LogP contribution is 2.23. The summed E-state index contributed by atoms with van der Waals surface area (Å²) in [7, 11) is 0. The molecule has 1 aromatic heterocycles. The van der Waals surface area contributed by atoms with Gasteiger partial charge < -0.3 is 10.2 Å². The average Bonchev–Trinajstić information content (AvgIpc) is 2.49. The van der Waals surface area contributed by atoms with Crippen molar-refractivity contribution in [3.8, 4) is 0 Å². The molecule has 3 N–H and O–H groups in total. The summed E-state index contributed by atoms with van der Waals surface area (Å²) in [4.78, 5) is 2.33. The van der Waals surface area contributed by atoms with E-state index >= 15 is 0 Å². The number of anilines is 1. The lowest BCUT2D eigenvalue weighted by molar-refractivity contribution is 0.0337. The molecule has 0 saturated carbocycles. The summed E-state index contributed by atoms with van der Waals surface area (Å²) in [5.74, 6) is 6.08. The number of hydrogen-bond acceptors (Lipinski definition) is 6. The van der Waals surface area contributed by atoms with Gasteiger partial charge in [-0.25, -0.2) is 5.84 Å². The van der Waals surface area contributed by atoms with Crippen LogP contribution in [0.25, 0.3) is 10.8 Å². The molecule has 6 nitrogen and oxygen atoms in total. The molecule has 2 heterocycles. The number of nitrogens with zero attached hydrogens (tertiary/aromatic N) is 3. The zero-order valence-electron chi connectivity index (χ0n) is 10.7. The first kappa shape index (κ1) is 12.3. The van der Waals surface area contributed by atoms with Gasteiger partial charge in [0, 0.05) is 30.4 Å². The highest BCUT2D eigenvalue weighted by Gasteiger charge is 2.14. The number of fused-ring (bicyclic) bond motifs is 1. The number of ether oxygens (including phenoxy) is 1. The molecule has 1 aliphatic heterocycles. The van der Waals surface area contributed by atoms with Gasteiger partial charge in [0.1, 0.15) is 0 Å². The second-order valence-electron chi connectivity index (χ2n) is 4.57. The molecular formula is C13H17N5O. The highest BCUT2D eigenvalue weighted by atomic mass is 16.5. The molecule has 0 radical (unpaired) electrons. The summed E-state index contributed by atoms with van der Waals surface area (Å²) in [6.07, 6.45) is 0. The minimum absolute atomic E-state index is 0.612. The van der Waals surface area contributed by atoms with Gasteiger partial charge in [0.2, 0.25) is 0 Å². The maximum atomic E-state index is 5.47. The van der Waals surface area contributed by atoms with E-state index < -0.39 is 0 Å². The van der Waals surface area contributed by atoms with Gasteiger partial charge in [-0.2, -0.15) is 5.10 Å². The Kier molecular flexibility index (Phi) is 3.54. The number of nitrogens with one attached hydrogen (secondary N) is 1. The number of rotatable bonds is 3. The SMILES string of the molecule is NNc1nnc(CN2CCOCC2)c2ccccc12. The summed E-state index contributed by atoms with van der Waals surface area (Å²) in [6.45, 7) is 4.24. The Morgan fingerprint density at radius 3 is 2.63 bits per heavy atom. The fourth-order valence-electron chi connectivity index (χ4n) is 2.35. The first-order valence-electron chi connectivity index (χ1n) is 6.39. The van der Waals surface area contributed by atoms with Crippen molar-refractivity contribution in [2.24, 2.45) is 5.84 Å². The monoisotopic (exact) mass is 259 g/mol. The van der Waals surface area contributed by atoms with Crippen LogP contribution in [0, 0.1) is 0 Å². The van der Waals surface area contributed by atoms with E-state index in [2.05, 4.69) is 26.6 Å². The van der Waals surface area contributed by atoms with Crippen molar-refractivity contribution >= 4 is 16.6 Å². The van der Waals surface area contributed by atoms with Gasteiger partial charge in [0.05, 0.1) is 18.9 Å². The molecule has 100 valence electrons. The summed E-state index contributed by atoms with van der Waals surface area (Å²) in [5.41, 5.74) is 3.58. The lowest BCUT2D eigenvalue weighted by atomic mass is 10.1. The molecule has 3 rings (SSSR count). The second-order valence-corrected chi connectivity index (χ2v) is 4.57. The molecule has 1 saturated heterocycles. The van der Waals surface area contributed by atoms with Gasteiger partial charge in [0.15, 0.2) is 5.82 Å². The first-order chi connectivity index (χ1) is 9.38. The van der Waals surface area contributed by atoms with Crippen LogP contribution in [-0.2, 0) is 11.3 Å². The number of nitrogens with two attached hydrogens (primary N) is 1. The Morgan fingerprint density at radius 2 is 1.89 bits per heavy atom. The third kappa shape index (κ3) is 2.51. The van der Waals surface area contributed by atoms with E-state index in [4.69, 9.17) is 10.6 Å². The standard InChI is InChI=1S/C13H17N5O/c14-15-13-11-4-2-1-3-10(11)12(16-17-13)9-18-5-7-19-8-6-18/h1-4H,5-9,14H2,(H,15,17). The fourth-order valence-corrected chi connectivity index (χ4v) is 2.35.